The maximum absolute atomic E-state index is 13.1. The summed E-state index contributed by atoms with van der Waals surface area (Å²) in [7, 11) is 0. The average molecular weight is 280 g/mol. The first-order valence-electron chi connectivity index (χ1n) is 7.11. The van der Waals surface area contributed by atoms with Crippen LogP contribution in [-0.2, 0) is 13.0 Å². The van der Waals surface area contributed by atoms with Gasteiger partial charge in [0.2, 0.25) is 0 Å². The monoisotopic (exact) mass is 280 g/mol. The highest BCUT2D eigenvalue weighted by molar-refractivity contribution is 5.78. The molecule has 0 saturated heterocycles. The Morgan fingerprint density at radius 2 is 1.86 bits per heavy atom. The van der Waals surface area contributed by atoms with Crippen molar-refractivity contribution in [3.05, 3.63) is 77.7 Å². The summed E-state index contributed by atoms with van der Waals surface area (Å²) in [6.07, 6.45) is 0.811. The van der Waals surface area contributed by atoms with Gasteiger partial charge in [0.25, 0.3) is 0 Å². The molecule has 1 heterocycles. The zero-order chi connectivity index (χ0) is 14.5. The molecule has 0 amide bonds. The number of nitrogens with one attached hydrogen (secondary N) is 1. The fourth-order valence-corrected chi connectivity index (χ4v) is 2.35. The molecular weight excluding hydrogens is 263 g/mol. The number of benzene rings is 2. The van der Waals surface area contributed by atoms with E-state index in [1.807, 2.05) is 30.3 Å². The molecule has 2 aromatic carbocycles. The lowest BCUT2D eigenvalue weighted by Gasteiger charge is -2.06. The Morgan fingerprint density at radius 3 is 2.76 bits per heavy atom. The van der Waals surface area contributed by atoms with E-state index in [0.717, 1.165) is 41.7 Å². The molecule has 1 aromatic heterocycles. The zero-order valence-corrected chi connectivity index (χ0v) is 11.7. The maximum Gasteiger partial charge on any atom is 0.123 e. The van der Waals surface area contributed by atoms with E-state index in [9.17, 15) is 4.39 Å². The van der Waals surface area contributed by atoms with Gasteiger partial charge in [-0.3, -0.25) is 4.98 Å². The average Bonchev–Trinajstić information content (AvgIpc) is 2.51. The second-order valence-electron chi connectivity index (χ2n) is 5.05. The number of fused-ring (bicyclic) bond motifs is 1. The van der Waals surface area contributed by atoms with Crippen molar-refractivity contribution in [3.8, 4) is 0 Å². The molecule has 0 atom stereocenters. The summed E-state index contributed by atoms with van der Waals surface area (Å²) in [6, 6.07) is 19.0. The van der Waals surface area contributed by atoms with Gasteiger partial charge in [0.15, 0.2) is 0 Å². The number of hydrogen-bond donors (Lipinski definition) is 1. The minimum absolute atomic E-state index is 0.177. The lowest BCUT2D eigenvalue weighted by atomic mass is 10.1. The number of nitrogens with zero attached hydrogens (tertiary/aromatic N) is 1. The van der Waals surface area contributed by atoms with Crippen molar-refractivity contribution in [2.75, 3.05) is 6.54 Å². The quantitative estimate of drug-likeness (QED) is 0.721. The van der Waals surface area contributed by atoms with Crippen LogP contribution < -0.4 is 5.32 Å². The van der Waals surface area contributed by atoms with E-state index in [-0.39, 0.29) is 5.82 Å². The molecular formula is C18H17FN2. The third-order valence-corrected chi connectivity index (χ3v) is 3.44. The third kappa shape index (κ3) is 3.64. The third-order valence-electron chi connectivity index (χ3n) is 3.44. The molecule has 1 N–H and O–H groups in total. The Hall–Kier alpha value is -2.26. The van der Waals surface area contributed by atoms with Crippen LogP contribution in [-0.4, -0.2) is 11.5 Å². The van der Waals surface area contributed by atoms with Crippen LogP contribution in [0.1, 0.15) is 11.3 Å². The number of aromatic nitrogens is 1. The van der Waals surface area contributed by atoms with Crippen LogP contribution in [0.5, 0.6) is 0 Å². The van der Waals surface area contributed by atoms with Gasteiger partial charge >= 0.3 is 0 Å². The first-order chi connectivity index (χ1) is 10.3. The molecule has 0 saturated carbocycles. The van der Waals surface area contributed by atoms with Crippen LogP contribution in [0, 0.1) is 5.82 Å². The van der Waals surface area contributed by atoms with E-state index in [2.05, 4.69) is 22.4 Å². The van der Waals surface area contributed by atoms with Crippen molar-refractivity contribution < 1.29 is 4.39 Å². The van der Waals surface area contributed by atoms with Gasteiger partial charge < -0.3 is 5.32 Å². The lowest BCUT2D eigenvalue weighted by Crippen LogP contribution is -2.17. The predicted molar refractivity (Wildman–Crippen MR) is 83.6 cm³/mol. The minimum Gasteiger partial charge on any atom is -0.311 e. The molecule has 0 aliphatic carbocycles. The highest BCUT2D eigenvalue weighted by Gasteiger charge is 1.99. The number of pyridine rings is 1. The molecule has 3 aromatic rings. The number of para-hydroxylation sites is 1. The van der Waals surface area contributed by atoms with Crippen molar-refractivity contribution in [1.82, 2.24) is 10.3 Å². The van der Waals surface area contributed by atoms with Crippen LogP contribution in [0.3, 0.4) is 0 Å². The van der Waals surface area contributed by atoms with E-state index in [1.54, 1.807) is 12.1 Å². The molecule has 3 rings (SSSR count). The molecule has 0 radical (unpaired) electrons. The molecule has 0 aliphatic rings. The van der Waals surface area contributed by atoms with Gasteiger partial charge in [-0.25, -0.2) is 4.39 Å². The standard InChI is InChI=1S/C18H17FN2/c19-16-6-3-4-14(12-16)10-11-20-13-17-9-8-15-5-1-2-7-18(15)21-17/h1-9,12,20H,10-11,13H2. The summed E-state index contributed by atoms with van der Waals surface area (Å²) in [5.41, 5.74) is 3.05. The molecule has 0 bridgehead atoms. The van der Waals surface area contributed by atoms with Crippen LogP contribution in [0.25, 0.3) is 10.9 Å². The Balaban J connectivity index is 1.54. The largest absolute Gasteiger partial charge is 0.311 e. The van der Waals surface area contributed by atoms with E-state index >= 15 is 0 Å². The Kier molecular flexibility index (Phi) is 4.22. The molecule has 2 nitrogen and oxygen atoms in total. The summed E-state index contributed by atoms with van der Waals surface area (Å²) < 4.78 is 13.1. The van der Waals surface area contributed by atoms with Gasteiger partial charge in [-0.2, -0.15) is 0 Å². The number of hydrogen-bond acceptors (Lipinski definition) is 2. The molecule has 0 spiro atoms. The summed E-state index contributed by atoms with van der Waals surface area (Å²) >= 11 is 0. The second kappa shape index (κ2) is 6.46. The number of halogens is 1. The highest BCUT2D eigenvalue weighted by Crippen LogP contribution is 2.11. The zero-order valence-electron chi connectivity index (χ0n) is 11.7. The van der Waals surface area contributed by atoms with Crippen LogP contribution in [0.4, 0.5) is 4.39 Å². The van der Waals surface area contributed by atoms with Gasteiger partial charge in [0, 0.05) is 11.9 Å². The summed E-state index contributed by atoms with van der Waals surface area (Å²) in [5.74, 6) is -0.177. The topological polar surface area (TPSA) is 24.9 Å². The summed E-state index contributed by atoms with van der Waals surface area (Å²) in [4.78, 5) is 4.61. The van der Waals surface area contributed by atoms with E-state index < -0.39 is 0 Å². The van der Waals surface area contributed by atoms with Crippen molar-refractivity contribution in [2.45, 2.75) is 13.0 Å². The van der Waals surface area contributed by atoms with Crippen molar-refractivity contribution in [2.24, 2.45) is 0 Å². The minimum atomic E-state index is -0.177. The van der Waals surface area contributed by atoms with Gasteiger partial charge in [-0.05, 0) is 42.8 Å². The normalized spacial score (nSPS) is 10.9. The van der Waals surface area contributed by atoms with E-state index in [0.29, 0.717) is 0 Å². The van der Waals surface area contributed by atoms with Gasteiger partial charge in [-0.15, -0.1) is 0 Å². The van der Waals surface area contributed by atoms with E-state index in [1.165, 1.54) is 6.07 Å². The first-order valence-corrected chi connectivity index (χ1v) is 7.11. The van der Waals surface area contributed by atoms with E-state index in [4.69, 9.17) is 0 Å². The highest BCUT2D eigenvalue weighted by atomic mass is 19.1. The summed E-state index contributed by atoms with van der Waals surface area (Å²) in [5, 5.41) is 4.50. The van der Waals surface area contributed by atoms with Crippen LogP contribution >= 0.6 is 0 Å². The van der Waals surface area contributed by atoms with Crippen LogP contribution in [0.2, 0.25) is 0 Å². The number of rotatable bonds is 5. The Bertz CT molecular complexity index is 740. The SMILES string of the molecule is Fc1cccc(CCNCc2ccc3ccccc3n2)c1. The fourth-order valence-electron chi connectivity index (χ4n) is 2.35. The Labute approximate surface area is 123 Å². The van der Waals surface area contributed by atoms with Crippen LogP contribution in [0.15, 0.2) is 60.7 Å². The fraction of sp³-hybridized carbons (Fsp3) is 0.167. The van der Waals surface area contributed by atoms with Gasteiger partial charge in [0.05, 0.1) is 11.2 Å². The van der Waals surface area contributed by atoms with Crippen molar-refractivity contribution >= 4 is 10.9 Å². The lowest BCUT2D eigenvalue weighted by molar-refractivity contribution is 0.622. The Morgan fingerprint density at radius 1 is 0.952 bits per heavy atom. The molecule has 21 heavy (non-hydrogen) atoms. The van der Waals surface area contributed by atoms with Crippen molar-refractivity contribution in [3.63, 3.8) is 0 Å². The molecule has 3 heteroatoms. The molecule has 0 fully saturated rings. The van der Waals surface area contributed by atoms with Gasteiger partial charge in [0.1, 0.15) is 5.82 Å². The summed E-state index contributed by atoms with van der Waals surface area (Å²) in [6.45, 7) is 1.53. The smallest absolute Gasteiger partial charge is 0.123 e. The molecule has 0 unspecified atom stereocenters. The molecule has 106 valence electrons. The maximum atomic E-state index is 13.1. The molecule has 0 aliphatic heterocycles. The first kappa shape index (κ1) is 13.7. The predicted octanol–water partition coefficient (Wildman–Crippen LogP) is 3.71. The van der Waals surface area contributed by atoms with Gasteiger partial charge in [-0.1, -0.05) is 36.4 Å². The second-order valence-corrected chi connectivity index (χ2v) is 5.05. The van der Waals surface area contributed by atoms with Crippen molar-refractivity contribution in [1.29, 1.82) is 0 Å².